The van der Waals surface area contributed by atoms with E-state index < -0.39 is 0 Å². The maximum Gasteiger partial charge on any atom is 0.0662 e. The molecular weight excluding hydrogens is 344 g/mol. The normalized spacial score (nSPS) is 4.79. The van der Waals surface area contributed by atoms with E-state index in [-0.39, 0.29) is 13.2 Å². The number of hydrogen-bond donors (Lipinski definition) is 2. The molecule has 0 fully saturated rings. The Balaban J connectivity index is -0.0000000208. The summed E-state index contributed by atoms with van der Waals surface area (Å²) in [5.41, 5.74) is 0. The van der Waals surface area contributed by atoms with Crippen LogP contribution in [0.3, 0.4) is 0 Å². The Hall–Kier alpha value is -2.16. The van der Waals surface area contributed by atoms with Gasteiger partial charge in [-0.2, -0.15) is 0 Å². The van der Waals surface area contributed by atoms with Crippen LogP contribution in [0, 0.1) is 0 Å². The summed E-state index contributed by atoms with van der Waals surface area (Å²) in [5, 5.41) is 15.2. The molecule has 0 aromatic heterocycles. The standard InChI is InChI=1S/8C3H6.C2H6O2/c8*1-3-2;3-1-2-4/h8*3H,1H2,2H3;3-4H,1-2H2. The molecule has 2 nitrogen and oxygen atoms in total. The van der Waals surface area contributed by atoms with E-state index in [0.717, 1.165) is 0 Å². The van der Waals surface area contributed by atoms with Gasteiger partial charge in [-0.3, -0.25) is 0 Å². The highest BCUT2D eigenvalue weighted by atomic mass is 16.3. The summed E-state index contributed by atoms with van der Waals surface area (Å²) in [6, 6.07) is 0. The van der Waals surface area contributed by atoms with E-state index in [1.807, 2.05) is 55.4 Å². The van der Waals surface area contributed by atoms with Crippen LogP contribution >= 0.6 is 0 Å². The van der Waals surface area contributed by atoms with Gasteiger partial charge in [-0.05, 0) is 55.4 Å². The molecule has 0 saturated heterocycles. The minimum absolute atomic E-state index is 0.125. The van der Waals surface area contributed by atoms with E-state index in [1.165, 1.54) is 0 Å². The van der Waals surface area contributed by atoms with Crippen LogP contribution in [-0.4, -0.2) is 23.4 Å². The molecule has 0 rings (SSSR count). The van der Waals surface area contributed by atoms with Gasteiger partial charge in [0.25, 0.3) is 0 Å². The highest BCUT2D eigenvalue weighted by Crippen LogP contribution is 1.40. The van der Waals surface area contributed by atoms with E-state index >= 15 is 0 Å². The highest BCUT2D eigenvalue weighted by molar-refractivity contribution is 4.53. The van der Waals surface area contributed by atoms with Crippen molar-refractivity contribution in [3.05, 3.63) is 101 Å². The molecule has 0 aliphatic carbocycles. The van der Waals surface area contributed by atoms with Crippen LogP contribution in [0.1, 0.15) is 55.4 Å². The minimum Gasteiger partial charge on any atom is -0.394 e. The summed E-state index contributed by atoms with van der Waals surface area (Å²) in [4.78, 5) is 0. The van der Waals surface area contributed by atoms with Crippen molar-refractivity contribution in [2.75, 3.05) is 13.2 Å². The molecule has 2 N–H and O–H groups in total. The molecule has 0 aliphatic rings. The first-order chi connectivity index (χ1) is 13.2. The van der Waals surface area contributed by atoms with Gasteiger partial charge in [-0.25, -0.2) is 0 Å². The summed E-state index contributed by atoms with van der Waals surface area (Å²) < 4.78 is 0. The van der Waals surface area contributed by atoms with Crippen molar-refractivity contribution in [3.8, 4) is 0 Å². The molecule has 0 amide bonds. The third-order valence-corrected chi connectivity index (χ3v) is 0.1000. The van der Waals surface area contributed by atoms with Crippen LogP contribution in [0.15, 0.2) is 101 Å². The average molecular weight is 399 g/mol. The van der Waals surface area contributed by atoms with E-state index in [1.54, 1.807) is 48.6 Å². The van der Waals surface area contributed by atoms with Crippen molar-refractivity contribution in [1.29, 1.82) is 0 Å². The quantitative estimate of drug-likeness (QED) is 0.434. The molecule has 28 heavy (non-hydrogen) atoms. The van der Waals surface area contributed by atoms with Gasteiger partial charge in [-0.1, -0.05) is 48.6 Å². The van der Waals surface area contributed by atoms with Crippen LogP contribution < -0.4 is 0 Å². The predicted molar refractivity (Wildman–Crippen MR) is 141 cm³/mol. The molecule has 0 unspecified atom stereocenters. The Morgan fingerprint density at radius 1 is 0.357 bits per heavy atom. The molecular formula is C26H54O2. The maximum atomic E-state index is 7.62. The number of aliphatic hydroxyl groups excluding tert-OH is 2. The molecule has 2 heteroatoms. The second kappa shape index (κ2) is 230. The molecule has 0 aliphatic heterocycles. The summed E-state index contributed by atoms with van der Waals surface area (Å²) in [6.07, 6.45) is 14.0. The zero-order chi connectivity index (χ0) is 25.1. The van der Waals surface area contributed by atoms with Crippen molar-refractivity contribution in [1.82, 2.24) is 0 Å². The van der Waals surface area contributed by atoms with Crippen molar-refractivity contribution < 1.29 is 10.2 Å². The Labute approximate surface area is 180 Å². The smallest absolute Gasteiger partial charge is 0.0662 e. The van der Waals surface area contributed by atoms with E-state index in [9.17, 15) is 0 Å². The van der Waals surface area contributed by atoms with Gasteiger partial charge in [0.05, 0.1) is 13.2 Å². The van der Waals surface area contributed by atoms with Gasteiger partial charge in [0.2, 0.25) is 0 Å². The second-order valence-electron chi connectivity index (χ2n) is 3.71. The first kappa shape index (κ1) is 56.2. The Morgan fingerprint density at radius 2 is 0.393 bits per heavy atom. The average Bonchev–Trinajstić information content (AvgIpc) is 2.60. The van der Waals surface area contributed by atoms with Crippen molar-refractivity contribution in [2.45, 2.75) is 55.4 Å². The molecule has 0 aromatic carbocycles. The number of allylic oxidation sites excluding steroid dienone is 8. The summed E-state index contributed by atoms with van der Waals surface area (Å²) in [7, 11) is 0. The molecule has 0 aromatic rings. The monoisotopic (exact) mass is 398 g/mol. The van der Waals surface area contributed by atoms with Gasteiger partial charge in [0.15, 0.2) is 0 Å². The zero-order valence-corrected chi connectivity index (χ0v) is 20.6. The lowest BCUT2D eigenvalue weighted by molar-refractivity contribution is 0.186. The summed E-state index contributed by atoms with van der Waals surface area (Å²) >= 11 is 0. The molecule has 0 heterocycles. The molecule has 0 atom stereocenters. The third kappa shape index (κ3) is 9240. The van der Waals surface area contributed by atoms with Gasteiger partial charge < -0.3 is 10.2 Å². The van der Waals surface area contributed by atoms with Crippen molar-refractivity contribution in [2.24, 2.45) is 0 Å². The molecule has 0 spiro atoms. The molecule has 170 valence electrons. The highest BCUT2D eigenvalue weighted by Gasteiger charge is 1.58. The fraction of sp³-hybridized carbons (Fsp3) is 0.385. The van der Waals surface area contributed by atoms with Gasteiger partial charge in [0, 0.05) is 0 Å². The second-order valence-corrected chi connectivity index (χ2v) is 3.71. The summed E-state index contributed by atoms with van der Waals surface area (Å²) in [5.74, 6) is 0. The zero-order valence-electron chi connectivity index (χ0n) is 20.6. The van der Waals surface area contributed by atoms with Crippen LogP contribution in [0.4, 0.5) is 0 Å². The predicted octanol–water partition coefficient (Wildman–Crippen LogP) is 8.51. The minimum atomic E-state index is -0.125. The SMILES string of the molecule is C=CC.C=CC.C=CC.C=CC.C=CC.C=CC.C=CC.C=CC.OCCO. The maximum absolute atomic E-state index is 7.62. The van der Waals surface area contributed by atoms with Crippen LogP contribution in [0.25, 0.3) is 0 Å². The van der Waals surface area contributed by atoms with E-state index in [2.05, 4.69) is 52.6 Å². The number of aliphatic hydroxyl groups is 2. The van der Waals surface area contributed by atoms with Gasteiger partial charge >= 0.3 is 0 Å². The largest absolute Gasteiger partial charge is 0.394 e. The first-order valence-corrected chi connectivity index (χ1v) is 9.02. The molecule has 0 radical (unpaired) electrons. The molecule has 0 saturated carbocycles. The third-order valence-electron chi connectivity index (χ3n) is 0.1000. The lowest BCUT2D eigenvalue weighted by atomic mass is 10.8. The van der Waals surface area contributed by atoms with Crippen LogP contribution in [0.2, 0.25) is 0 Å². The van der Waals surface area contributed by atoms with Crippen molar-refractivity contribution >= 4 is 0 Å². The van der Waals surface area contributed by atoms with Crippen LogP contribution in [0.5, 0.6) is 0 Å². The van der Waals surface area contributed by atoms with Crippen molar-refractivity contribution in [3.63, 3.8) is 0 Å². The fourth-order valence-corrected chi connectivity index (χ4v) is 0. The Morgan fingerprint density at radius 3 is 0.393 bits per heavy atom. The summed E-state index contributed by atoms with van der Waals surface area (Å²) in [6.45, 7) is 41.8. The van der Waals surface area contributed by atoms with E-state index in [0.29, 0.717) is 0 Å². The van der Waals surface area contributed by atoms with Crippen LogP contribution in [-0.2, 0) is 0 Å². The topological polar surface area (TPSA) is 40.5 Å². The fourth-order valence-electron chi connectivity index (χ4n) is 0. The van der Waals surface area contributed by atoms with Gasteiger partial charge in [0.1, 0.15) is 0 Å². The molecule has 0 bridgehead atoms. The number of hydrogen-bond acceptors (Lipinski definition) is 2. The van der Waals surface area contributed by atoms with E-state index in [4.69, 9.17) is 10.2 Å². The number of rotatable bonds is 1. The lowest BCUT2D eigenvalue weighted by Crippen LogP contribution is -1.85. The lowest BCUT2D eigenvalue weighted by Gasteiger charge is -1.70. The first-order valence-electron chi connectivity index (χ1n) is 9.02. The Bertz CT molecular complexity index is 165. The Kier molecular flexibility index (Phi) is 461. The van der Waals surface area contributed by atoms with Gasteiger partial charge in [-0.15, -0.1) is 52.6 Å².